The lowest BCUT2D eigenvalue weighted by Crippen LogP contribution is -1.93. The maximum atomic E-state index is 9.83. The van der Waals surface area contributed by atoms with Crippen LogP contribution < -0.4 is 0 Å². The molecule has 1 rings (SSSR count). The summed E-state index contributed by atoms with van der Waals surface area (Å²) in [5.74, 6) is 0.684. The lowest BCUT2D eigenvalue weighted by atomic mass is 9.98. The van der Waals surface area contributed by atoms with Crippen LogP contribution in [-0.2, 0) is 6.42 Å². The second-order valence-corrected chi connectivity index (χ2v) is 4.67. The molecule has 0 aliphatic carbocycles. The minimum atomic E-state index is 0.308. The van der Waals surface area contributed by atoms with Gasteiger partial charge in [0.1, 0.15) is 5.75 Å². The molecule has 1 N–H and O–H groups in total. The Morgan fingerprint density at radius 2 is 2.00 bits per heavy atom. The van der Waals surface area contributed by atoms with Gasteiger partial charge in [0.15, 0.2) is 0 Å². The molecule has 0 aliphatic rings. The number of rotatable bonds is 4. The van der Waals surface area contributed by atoms with Gasteiger partial charge in [-0.1, -0.05) is 38.8 Å². The van der Waals surface area contributed by atoms with Gasteiger partial charge in [0, 0.05) is 5.02 Å². The maximum absolute atomic E-state index is 9.83. The number of aryl methyl sites for hydroxylation is 1. The molecule has 84 valence electrons. The van der Waals surface area contributed by atoms with Crippen LogP contribution in [0.15, 0.2) is 12.1 Å². The van der Waals surface area contributed by atoms with Crippen LogP contribution in [0.3, 0.4) is 0 Å². The summed E-state index contributed by atoms with van der Waals surface area (Å²) in [5, 5.41) is 10.6. The highest BCUT2D eigenvalue weighted by Crippen LogP contribution is 2.31. The first-order valence-corrected chi connectivity index (χ1v) is 5.95. The Hall–Kier alpha value is -0.690. The van der Waals surface area contributed by atoms with Crippen LogP contribution >= 0.6 is 11.6 Å². The average molecular weight is 227 g/mol. The van der Waals surface area contributed by atoms with Crippen LogP contribution in [0.5, 0.6) is 5.75 Å². The highest BCUT2D eigenvalue weighted by atomic mass is 35.5. The van der Waals surface area contributed by atoms with E-state index in [0.29, 0.717) is 11.7 Å². The molecule has 0 fully saturated rings. The van der Waals surface area contributed by atoms with E-state index in [0.717, 1.165) is 35.4 Å². The summed E-state index contributed by atoms with van der Waals surface area (Å²) in [6.07, 6.45) is 3.20. The van der Waals surface area contributed by atoms with Gasteiger partial charge in [0.2, 0.25) is 0 Å². The van der Waals surface area contributed by atoms with Gasteiger partial charge in [-0.2, -0.15) is 0 Å². The van der Waals surface area contributed by atoms with Crippen molar-refractivity contribution in [2.75, 3.05) is 0 Å². The third kappa shape index (κ3) is 3.13. The highest BCUT2D eigenvalue weighted by molar-refractivity contribution is 6.31. The van der Waals surface area contributed by atoms with E-state index in [1.54, 1.807) is 0 Å². The van der Waals surface area contributed by atoms with Crippen LogP contribution in [-0.4, -0.2) is 5.11 Å². The number of halogens is 1. The Labute approximate surface area is 97.1 Å². The van der Waals surface area contributed by atoms with Gasteiger partial charge >= 0.3 is 0 Å². The highest BCUT2D eigenvalue weighted by Gasteiger charge is 2.10. The second-order valence-electron chi connectivity index (χ2n) is 4.26. The van der Waals surface area contributed by atoms with E-state index in [2.05, 4.69) is 20.8 Å². The van der Waals surface area contributed by atoms with E-state index >= 15 is 0 Å². The Balaban J connectivity index is 2.97. The molecule has 0 saturated carbocycles. The van der Waals surface area contributed by atoms with Gasteiger partial charge in [-0.05, 0) is 42.0 Å². The summed E-state index contributed by atoms with van der Waals surface area (Å²) in [7, 11) is 0. The topological polar surface area (TPSA) is 20.2 Å². The number of hydrogen-bond donors (Lipinski definition) is 1. The third-order valence-electron chi connectivity index (χ3n) is 2.62. The minimum Gasteiger partial charge on any atom is -0.508 e. The lowest BCUT2D eigenvalue weighted by molar-refractivity contribution is 0.464. The molecule has 0 aromatic heterocycles. The first kappa shape index (κ1) is 12.4. The maximum Gasteiger partial charge on any atom is 0.119 e. The molecule has 0 bridgehead atoms. The van der Waals surface area contributed by atoms with Gasteiger partial charge in [-0.25, -0.2) is 0 Å². The monoisotopic (exact) mass is 226 g/mol. The quantitative estimate of drug-likeness (QED) is 0.801. The Kier molecular flexibility index (Phi) is 4.46. The Morgan fingerprint density at radius 1 is 1.33 bits per heavy atom. The fraction of sp³-hybridized carbons (Fsp3) is 0.538. The predicted molar refractivity (Wildman–Crippen MR) is 65.8 cm³/mol. The Morgan fingerprint density at radius 3 is 2.53 bits per heavy atom. The largest absolute Gasteiger partial charge is 0.508 e. The van der Waals surface area contributed by atoms with E-state index in [4.69, 9.17) is 11.6 Å². The predicted octanol–water partition coefficient (Wildman–Crippen LogP) is 4.51. The standard InChI is InChI=1S/C13H19ClO/c1-4-5-6-10-7-13(15)11(9(2)3)8-12(10)14/h7-9,15H,4-6H2,1-3H3. The molecular formula is C13H19ClO. The lowest BCUT2D eigenvalue weighted by Gasteiger charge is -2.12. The van der Waals surface area contributed by atoms with E-state index < -0.39 is 0 Å². The van der Waals surface area contributed by atoms with Crippen molar-refractivity contribution < 1.29 is 5.11 Å². The molecule has 0 spiro atoms. The zero-order chi connectivity index (χ0) is 11.4. The van der Waals surface area contributed by atoms with Gasteiger partial charge < -0.3 is 5.11 Å². The van der Waals surface area contributed by atoms with Crippen molar-refractivity contribution >= 4 is 11.6 Å². The minimum absolute atomic E-state index is 0.308. The SMILES string of the molecule is CCCCc1cc(O)c(C(C)C)cc1Cl. The van der Waals surface area contributed by atoms with Crippen molar-refractivity contribution in [2.45, 2.75) is 46.0 Å². The molecule has 0 aliphatic heterocycles. The van der Waals surface area contributed by atoms with Gasteiger partial charge in [0.05, 0.1) is 0 Å². The summed E-state index contributed by atoms with van der Waals surface area (Å²) in [5.41, 5.74) is 1.99. The number of phenols is 1. The van der Waals surface area contributed by atoms with E-state index in [1.165, 1.54) is 0 Å². The van der Waals surface area contributed by atoms with E-state index in [1.807, 2.05) is 12.1 Å². The summed E-state index contributed by atoms with van der Waals surface area (Å²) in [6.45, 7) is 6.25. The molecule has 0 radical (unpaired) electrons. The molecule has 0 atom stereocenters. The van der Waals surface area contributed by atoms with Crippen molar-refractivity contribution in [2.24, 2.45) is 0 Å². The summed E-state index contributed by atoms with van der Waals surface area (Å²) >= 11 is 6.17. The molecule has 2 heteroatoms. The second kappa shape index (κ2) is 5.41. The van der Waals surface area contributed by atoms with Gasteiger partial charge in [-0.3, -0.25) is 0 Å². The summed E-state index contributed by atoms with van der Waals surface area (Å²) < 4.78 is 0. The molecular weight excluding hydrogens is 208 g/mol. The van der Waals surface area contributed by atoms with Crippen LogP contribution in [0.25, 0.3) is 0 Å². The van der Waals surface area contributed by atoms with Gasteiger partial charge in [0.25, 0.3) is 0 Å². The van der Waals surface area contributed by atoms with Crippen LogP contribution in [0.1, 0.15) is 50.7 Å². The number of phenolic OH excluding ortho intramolecular Hbond substituents is 1. The van der Waals surface area contributed by atoms with Crippen LogP contribution in [0, 0.1) is 0 Å². The van der Waals surface area contributed by atoms with E-state index in [9.17, 15) is 5.11 Å². The van der Waals surface area contributed by atoms with Crippen molar-refractivity contribution in [3.8, 4) is 5.75 Å². The summed E-state index contributed by atoms with van der Waals surface area (Å²) in [4.78, 5) is 0. The zero-order valence-corrected chi connectivity index (χ0v) is 10.4. The Bertz CT molecular complexity index is 332. The first-order valence-electron chi connectivity index (χ1n) is 5.57. The van der Waals surface area contributed by atoms with Crippen molar-refractivity contribution in [1.29, 1.82) is 0 Å². The molecule has 0 amide bonds. The molecule has 1 aromatic carbocycles. The number of benzene rings is 1. The van der Waals surface area contributed by atoms with Crippen molar-refractivity contribution in [3.05, 3.63) is 28.3 Å². The fourth-order valence-electron chi connectivity index (χ4n) is 1.64. The zero-order valence-electron chi connectivity index (χ0n) is 9.68. The van der Waals surface area contributed by atoms with Gasteiger partial charge in [-0.15, -0.1) is 0 Å². The fourth-order valence-corrected chi connectivity index (χ4v) is 1.91. The molecule has 0 unspecified atom stereocenters. The molecule has 15 heavy (non-hydrogen) atoms. The first-order chi connectivity index (χ1) is 7.06. The third-order valence-corrected chi connectivity index (χ3v) is 2.97. The van der Waals surface area contributed by atoms with Crippen LogP contribution in [0.4, 0.5) is 0 Å². The number of unbranched alkanes of at least 4 members (excludes halogenated alkanes) is 1. The molecule has 1 nitrogen and oxygen atoms in total. The molecule has 0 heterocycles. The number of aromatic hydroxyl groups is 1. The smallest absolute Gasteiger partial charge is 0.119 e. The van der Waals surface area contributed by atoms with Crippen molar-refractivity contribution in [1.82, 2.24) is 0 Å². The normalized spacial score (nSPS) is 11.0. The average Bonchev–Trinajstić information content (AvgIpc) is 2.18. The number of hydrogen-bond acceptors (Lipinski definition) is 1. The summed E-state index contributed by atoms with van der Waals surface area (Å²) in [6, 6.07) is 3.71. The molecule has 1 aromatic rings. The van der Waals surface area contributed by atoms with Crippen molar-refractivity contribution in [3.63, 3.8) is 0 Å². The van der Waals surface area contributed by atoms with E-state index in [-0.39, 0.29) is 0 Å². The van der Waals surface area contributed by atoms with Crippen LogP contribution in [0.2, 0.25) is 5.02 Å². The molecule has 0 saturated heterocycles.